The van der Waals surface area contributed by atoms with Crippen molar-refractivity contribution in [1.29, 1.82) is 0 Å². The van der Waals surface area contributed by atoms with Gasteiger partial charge < -0.3 is 14.1 Å². The molecular weight excluding hydrogens is 320 g/mol. The Hall–Kier alpha value is -2.15. The molecule has 1 aliphatic heterocycles. The summed E-state index contributed by atoms with van der Waals surface area (Å²) in [5.74, 6) is 0.822. The number of aromatic nitrogens is 3. The maximum absolute atomic E-state index is 12.9. The lowest BCUT2D eigenvalue weighted by molar-refractivity contribution is 0.00228. The van der Waals surface area contributed by atoms with Gasteiger partial charge in [-0.1, -0.05) is 12.8 Å². The van der Waals surface area contributed by atoms with Gasteiger partial charge in [0.1, 0.15) is 0 Å². The Morgan fingerprint density at radius 3 is 2.96 bits per heavy atom. The first-order valence-electron chi connectivity index (χ1n) is 9.02. The van der Waals surface area contributed by atoms with Gasteiger partial charge in [0.15, 0.2) is 6.39 Å². The van der Waals surface area contributed by atoms with Gasteiger partial charge in [-0.2, -0.15) is 5.10 Å². The van der Waals surface area contributed by atoms with E-state index in [1.54, 1.807) is 18.0 Å². The number of oxazole rings is 1. The van der Waals surface area contributed by atoms with Crippen LogP contribution in [0.3, 0.4) is 0 Å². The number of nitrogens with zero attached hydrogens (tertiary/aromatic N) is 4. The topological polar surface area (TPSA) is 73.4 Å². The Morgan fingerprint density at radius 2 is 2.20 bits per heavy atom. The van der Waals surface area contributed by atoms with Crippen molar-refractivity contribution < 1.29 is 13.9 Å². The molecule has 1 aliphatic carbocycles. The number of carbonyl (C=O) groups excluding carboxylic acids is 1. The van der Waals surface area contributed by atoms with Crippen molar-refractivity contribution in [2.45, 2.75) is 51.8 Å². The standard InChI is InChI=1S/C18H24N4O3/c1-13-17(25-12-19-13)18(23)21-8-15-6-7-20-22(15)10-16(9-21)24-11-14-4-2-3-5-14/h6-7,12,14,16H,2-5,8-11H2,1H3. The maximum atomic E-state index is 12.9. The van der Waals surface area contributed by atoms with Crippen LogP contribution in [-0.4, -0.2) is 44.8 Å². The summed E-state index contributed by atoms with van der Waals surface area (Å²) >= 11 is 0. The van der Waals surface area contributed by atoms with Crippen LogP contribution in [0.5, 0.6) is 0 Å². The van der Waals surface area contributed by atoms with E-state index in [-0.39, 0.29) is 12.0 Å². The Balaban J connectivity index is 1.50. The molecule has 0 N–H and O–H groups in total. The molecule has 0 spiro atoms. The molecule has 2 aromatic heterocycles. The van der Waals surface area contributed by atoms with Crippen molar-refractivity contribution >= 4 is 5.91 Å². The highest BCUT2D eigenvalue weighted by atomic mass is 16.5. The number of carbonyl (C=O) groups is 1. The molecule has 1 amide bonds. The minimum absolute atomic E-state index is 0.0612. The molecule has 1 fully saturated rings. The van der Waals surface area contributed by atoms with Crippen LogP contribution in [-0.2, 0) is 17.8 Å². The number of amides is 1. The molecular formula is C18H24N4O3. The van der Waals surface area contributed by atoms with Crippen molar-refractivity contribution in [1.82, 2.24) is 19.7 Å². The molecule has 0 bridgehead atoms. The first kappa shape index (κ1) is 16.3. The number of fused-ring (bicyclic) bond motifs is 1. The van der Waals surface area contributed by atoms with E-state index in [1.165, 1.54) is 32.1 Å². The molecule has 7 heteroatoms. The van der Waals surface area contributed by atoms with Crippen molar-refractivity contribution in [2.24, 2.45) is 5.92 Å². The average molecular weight is 344 g/mol. The Labute approximate surface area is 147 Å². The fourth-order valence-corrected chi connectivity index (χ4v) is 3.78. The summed E-state index contributed by atoms with van der Waals surface area (Å²) in [6.07, 6.45) is 8.14. The van der Waals surface area contributed by atoms with Crippen LogP contribution < -0.4 is 0 Å². The molecule has 7 nitrogen and oxygen atoms in total. The number of hydrogen-bond donors (Lipinski definition) is 0. The monoisotopic (exact) mass is 344 g/mol. The molecule has 0 saturated heterocycles. The number of ether oxygens (including phenoxy) is 1. The van der Waals surface area contributed by atoms with Gasteiger partial charge in [0, 0.05) is 19.3 Å². The summed E-state index contributed by atoms with van der Waals surface area (Å²) in [5, 5.41) is 4.38. The largest absolute Gasteiger partial charge is 0.438 e. The van der Waals surface area contributed by atoms with Crippen LogP contribution in [0.25, 0.3) is 0 Å². The minimum Gasteiger partial charge on any atom is -0.438 e. The predicted octanol–water partition coefficient (Wildman–Crippen LogP) is 2.41. The summed E-state index contributed by atoms with van der Waals surface area (Å²) in [7, 11) is 0. The number of aryl methyl sites for hydroxylation is 1. The molecule has 2 aromatic rings. The predicted molar refractivity (Wildman–Crippen MR) is 89.9 cm³/mol. The molecule has 134 valence electrons. The highest BCUT2D eigenvalue weighted by Gasteiger charge is 2.30. The van der Waals surface area contributed by atoms with Crippen molar-refractivity contribution in [3.8, 4) is 0 Å². The van der Waals surface area contributed by atoms with Crippen LogP contribution in [0.2, 0.25) is 0 Å². The molecule has 4 rings (SSSR count). The Kier molecular flexibility index (Phi) is 4.57. The maximum Gasteiger partial charge on any atom is 0.292 e. The molecule has 0 radical (unpaired) electrons. The van der Waals surface area contributed by atoms with Gasteiger partial charge in [-0.15, -0.1) is 0 Å². The van der Waals surface area contributed by atoms with Gasteiger partial charge in [0.2, 0.25) is 5.76 Å². The average Bonchev–Trinajstić information content (AvgIpc) is 3.33. The van der Waals surface area contributed by atoms with E-state index in [2.05, 4.69) is 10.1 Å². The molecule has 1 atom stereocenters. The summed E-state index contributed by atoms with van der Waals surface area (Å²) in [6, 6.07) is 1.95. The molecule has 3 heterocycles. The van der Waals surface area contributed by atoms with E-state index in [0.29, 0.717) is 37.0 Å². The minimum atomic E-state index is -0.140. The van der Waals surface area contributed by atoms with Crippen molar-refractivity contribution in [2.75, 3.05) is 13.2 Å². The lowest BCUT2D eigenvalue weighted by Crippen LogP contribution is -2.38. The normalized spacial score (nSPS) is 21.3. The third-order valence-corrected chi connectivity index (χ3v) is 5.23. The van der Waals surface area contributed by atoms with E-state index in [1.807, 2.05) is 10.7 Å². The van der Waals surface area contributed by atoms with Crippen LogP contribution in [0.4, 0.5) is 0 Å². The Morgan fingerprint density at radius 1 is 1.36 bits per heavy atom. The van der Waals surface area contributed by atoms with Gasteiger partial charge in [0.05, 0.1) is 30.6 Å². The third-order valence-electron chi connectivity index (χ3n) is 5.23. The highest BCUT2D eigenvalue weighted by molar-refractivity contribution is 5.92. The van der Waals surface area contributed by atoms with Crippen molar-refractivity contribution in [3.05, 3.63) is 35.8 Å². The van der Waals surface area contributed by atoms with E-state index in [4.69, 9.17) is 9.15 Å². The van der Waals surface area contributed by atoms with Gasteiger partial charge in [-0.3, -0.25) is 9.48 Å². The molecule has 2 aliphatic rings. The number of rotatable bonds is 4. The van der Waals surface area contributed by atoms with Crippen molar-refractivity contribution in [3.63, 3.8) is 0 Å². The zero-order valence-corrected chi connectivity index (χ0v) is 14.6. The van der Waals surface area contributed by atoms with E-state index >= 15 is 0 Å². The van der Waals surface area contributed by atoms with Gasteiger partial charge in [-0.05, 0) is 31.7 Å². The molecule has 1 unspecified atom stereocenters. The fourth-order valence-electron chi connectivity index (χ4n) is 3.78. The second-order valence-electron chi connectivity index (χ2n) is 7.06. The zero-order chi connectivity index (χ0) is 17.2. The third kappa shape index (κ3) is 3.46. The summed E-state index contributed by atoms with van der Waals surface area (Å²) in [5.41, 5.74) is 1.63. The molecule has 1 saturated carbocycles. The van der Waals surface area contributed by atoms with E-state index in [9.17, 15) is 4.79 Å². The second-order valence-corrected chi connectivity index (χ2v) is 7.06. The van der Waals surface area contributed by atoms with Crippen LogP contribution in [0.15, 0.2) is 23.1 Å². The summed E-state index contributed by atoms with van der Waals surface area (Å²) in [4.78, 5) is 18.7. The lowest BCUT2D eigenvalue weighted by Gasteiger charge is -2.24. The fraction of sp³-hybridized carbons (Fsp3) is 0.611. The summed E-state index contributed by atoms with van der Waals surface area (Å²) in [6.45, 7) is 4.27. The SMILES string of the molecule is Cc1ncoc1C(=O)N1Cc2ccnn2CC(OCC2CCCC2)C1. The Bertz CT molecular complexity index is 732. The summed E-state index contributed by atoms with van der Waals surface area (Å²) < 4.78 is 13.4. The van der Waals surface area contributed by atoms with Crippen LogP contribution in [0, 0.1) is 12.8 Å². The van der Waals surface area contributed by atoms with E-state index < -0.39 is 0 Å². The quantitative estimate of drug-likeness (QED) is 0.851. The smallest absolute Gasteiger partial charge is 0.292 e. The van der Waals surface area contributed by atoms with Gasteiger partial charge >= 0.3 is 0 Å². The van der Waals surface area contributed by atoms with Gasteiger partial charge in [-0.25, -0.2) is 4.98 Å². The second kappa shape index (κ2) is 7.00. The highest BCUT2D eigenvalue weighted by Crippen LogP contribution is 2.26. The van der Waals surface area contributed by atoms with Crippen LogP contribution >= 0.6 is 0 Å². The first-order chi connectivity index (χ1) is 12.2. The zero-order valence-electron chi connectivity index (χ0n) is 14.6. The first-order valence-corrected chi connectivity index (χ1v) is 9.02. The van der Waals surface area contributed by atoms with E-state index in [0.717, 1.165) is 12.3 Å². The van der Waals surface area contributed by atoms with Crippen LogP contribution in [0.1, 0.15) is 47.6 Å². The number of hydrogen-bond acceptors (Lipinski definition) is 5. The molecule has 25 heavy (non-hydrogen) atoms. The molecule has 0 aromatic carbocycles. The lowest BCUT2D eigenvalue weighted by atomic mass is 10.1. The van der Waals surface area contributed by atoms with Gasteiger partial charge in [0.25, 0.3) is 5.91 Å².